The van der Waals surface area contributed by atoms with Gasteiger partial charge in [-0.25, -0.2) is 0 Å². The van der Waals surface area contributed by atoms with Gasteiger partial charge in [-0.15, -0.1) is 11.8 Å². The van der Waals surface area contributed by atoms with E-state index in [4.69, 9.17) is 12.2 Å². The second-order valence-electron chi connectivity index (χ2n) is 9.14. The molecule has 0 atom stereocenters. The van der Waals surface area contributed by atoms with Gasteiger partial charge in [0.1, 0.15) is 0 Å². The molecule has 1 aliphatic carbocycles. The second kappa shape index (κ2) is 8.69. The lowest BCUT2D eigenvalue weighted by Crippen LogP contribution is -2.30. The largest absolute Gasteiger partial charge is 0.117 e. The molecule has 4 aromatic rings. The van der Waals surface area contributed by atoms with Crippen molar-refractivity contribution < 1.29 is 0 Å². The molecule has 0 fully saturated rings. The molecule has 2 heteroatoms. The van der Waals surface area contributed by atoms with Gasteiger partial charge in [0.05, 0.1) is 9.61 Å². The van der Waals surface area contributed by atoms with Crippen LogP contribution in [0.4, 0.5) is 0 Å². The van der Waals surface area contributed by atoms with Gasteiger partial charge in [-0.05, 0) is 83.2 Å². The van der Waals surface area contributed by atoms with Crippen molar-refractivity contribution in [1.82, 2.24) is 0 Å². The highest BCUT2D eigenvalue weighted by molar-refractivity contribution is 8.23. The van der Waals surface area contributed by atoms with Crippen LogP contribution in [0.15, 0.2) is 91.5 Å². The molecule has 0 spiro atoms. The van der Waals surface area contributed by atoms with E-state index in [1.807, 2.05) is 0 Å². The van der Waals surface area contributed by atoms with Gasteiger partial charge in [0.15, 0.2) is 0 Å². The first-order chi connectivity index (χ1) is 16.4. The van der Waals surface area contributed by atoms with Crippen LogP contribution in [0.2, 0.25) is 0 Å². The van der Waals surface area contributed by atoms with E-state index in [1.165, 1.54) is 50.1 Å². The topological polar surface area (TPSA) is 0 Å². The van der Waals surface area contributed by atoms with Crippen molar-refractivity contribution >= 4 is 33.7 Å². The molecule has 168 valence electrons. The van der Waals surface area contributed by atoms with E-state index in [9.17, 15) is 0 Å². The van der Waals surface area contributed by atoms with Crippen molar-refractivity contribution in [2.75, 3.05) is 6.26 Å². The van der Waals surface area contributed by atoms with Gasteiger partial charge in [-0.2, -0.15) is 0 Å². The number of thiocarbonyl (C=S) groups is 1. The van der Waals surface area contributed by atoms with Crippen LogP contribution in [0.5, 0.6) is 0 Å². The van der Waals surface area contributed by atoms with Crippen LogP contribution in [0.25, 0.3) is 16.7 Å². The molecule has 0 bridgehead atoms. The Morgan fingerprint density at radius 1 is 0.765 bits per heavy atom. The zero-order chi connectivity index (χ0) is 24.0. The molecule has 0 heterocycles. The van der Waals surface area contributed by atoms with Crippen molar-refractivity contribution in [3.8, 4) is 11.1 Å². The smallest absolute Gasteiger partial charge is 0.0781 e. The fraction of sp³-hybridized carbons (Fsp3) is 0.156. The highest BCUT2D eigenvalue weighted by Gasteiger charge is 2.48. The molecule has 5 rings (SSSR count). The van der Waals surface area contributed by atoms with Gasteiger partial charge in [0, 0.05) is 5.56 Å². The van der Waals surface area contributed by atoms with Crippen LogP contribution in [0, 0.1) is 13.8 Å². The van der Waals surface area contributed by atoms with Gasteiger partial charge in [-0.1, -0.05) is 103 Å². The van der Waals surface area contributed by atoms with Gasteiger partial charge < -0.3 is 0 Å². The summed E-state index contributed by atoms with van der Waals surface area (Å²) in [6.45, 7) is 10.8. The van der Waals surface area contributed by atoms with Gasteiger partial charge >= 0.3 is 0 Å². The minimum Gasteiger partial charge on any atom is -0.117 e. The van der Waals surface area contributed by atoms with Gasteiger partial charge in [0.2, 0.25) is 0 Å². The summed E-state index contributed by atoms with van der Waals surface area (Å²) in [5.74, 6) is 0. The lowest BCUT2D eigenvalue weighted by molar-refractivity contribution is 0.754. The average molecular weight is 477 g/mol. The molecule has 0 unspecified atom stereocenters. The molecule has 0 saturated carbocycles. The van der Waals surface area contributed by atoms with E-state index in [-0.39, 0.29) is 0 Å². The summed E-state index contributed by atoms with van der Waals surface area (Å²) in [6, 6.07) is 31.2. The lowest BCUT2D eigenvalue weighted by atomic mass is 9.65. The Hall–Kier alpha value is -2.94. The highest BCUT2D eigenvalue weighted by atomic mass is 32.2. The summed E-state index contributed by atoms with van der Waals surface area (Å²) in [7, 11) is 0. The maximum absolute atomic E-state index is 5.88. The molecule has 1 aliphatic rings. The van der Waals surface area contributed by atoms with Crippen LogP contribution >= 0.6 is 24.0 Å². The highest BCUT2D eigenvalue weighted by Crippen LogP contribution is 2.58. The van der Waals surface area contributed by atoms with Crippen molar-refractivity contribution in [2.24, 2.45) is 0 Å². The monoisotopic (exact) mass is 476 g/mol. The predicted molar refractivity (Wildman–Crippen MR) is 153 cm³/mol. The summed E-state index contributed by atoms with van der Waals surface area (Å²) in [5, 5.41) is 0. The summed E-state index contributed by atoms with van der Waals surface area (Å²) in [5.41, 5.74) is 13.3. The Morgan fingerprint density at radius 2 is 1.35 bits per heavy atom. The molecular weight excluding hydrogens is 448 g/mol. The standard InChI is InChI=1S/C32H28S2/c1-20(2)23-17-18-28-25(19-23)30-24(31(33)34-5)13-10-16-29(30)32(28,26-14-8-6-11-21(26)3)27-15-9-7-12-22(27)4/h6-19H,1H2,2-5H3. The molecular formula is C32H28S2. The van der Waals surface area contributed by atoms with E-state index in [0.29, 0.717) is 0 Å². The third-order valence-corrected chi connectivity index (χ3v) is 8.47. The Balaban J connectivity index is 2.04. The summed E-state index contributed by atoms with van der Waals surface area (Å²) in [4.78, 5) is 0. The van der Waals surface area contributed by atoms with Crippen molar-refractivity contribution in [1.29, 1.82) is 0 Å². The van der Waals surface area contributed by atoms with Crippen molar-refractivity contribution in [3.63, 3.8) is 0 Å². The first-order valence-electron chi connectivity index (χ1n) is 11.6. The normalized spacial score (nSPS) is 13.3. The van der Waals surface area contributed by atoms with E-state index in [0.717, 1.165) is 15.3 Å². The maximum Gasteiger partial charge on any atom is 0.0781 e. The molecule has 0 N–H and O–H groups in total. The van der Waals surface area contributed by atoms with Crippen molar-refractivity contribution in [2.45, 2.75) is 26.2 Å². The number of fused-ring (bicyclic) bond motifs is 3. The van der Waals surface area contributed by atoms with Crippen LogP contribution in [-0.2, 0) is 5.41 Å². The van der Waals surface area contributed by atoms with E-state index in [2.05, 4.69) is 119 Å². The first-order valence-corrected chi connectivity index (χ1v) is 13.2. The summed E-state index contributed by atoms with van der Waals surface area (Å²) < 4.78 is 0.925. The number of rotatable bonds is 4. The molecule has 0 aromatic heterocycles. The Bertz CT molecular complexity index is 1410. The van der Waals surface area contributed by atoms with E-state index >= 15 is 0 Å². The van der Waals surface area contributed by atoms with Crippen LogP contribution in [0.1, 0.15) is 51.4 Å². The number of thioether (sulfide) groups is 1. The van der Waals surface area contributed by atoms with Crippen molar-refractivity contribution in [3.05, 3.63) is 136 Å². The molecule has 0 amide bonds. The SMILES string of the molecule is C=C(C)c1ccc2c(c1)-c1c(C(=S)SC)cccc1C2(c1ccccc1C)c1ccccc1C. The van der Waals surface area contributed by atoms with Crippen LogP contribution < -0.4 is 0 Å². The molecule has 4 aromatic carbocycles. The van der Waals surface area contributed by atoms with Gasteiger partial charge in [0.25, 0.3) is 0 Å². The first kappa shape index (κ1) is 22.8. The number of allylic oxidation sites excluding steroid dienone is 1. The number of aryl methyl sites for hydroxylation is 2. The third kappa shape index (κ3) is 3.24. The second-order valence-corrected chi connectivity index (χ2v) is 10.6. The number of hydrogen-bond donors (Lipinski definition) is 0. The molecule has 34 heavy (non-hydrogen) atoms. The summed E-state index contributed by atoms with van der Waals surface area (Å²) in [6.07, 6.45) is 2.07. The Kier molecular flexibility index (Phi) is 5.83. The third-order valence-electron chi connectivity index (χ3n) is 7.16. The maximum atomic E-state index is 5.88. The Labute approximate surface area is 212 Å². The van der Waals surface area contributed by atoms with Crippen LogP contribution in [-0.4, -0.2) is 10.5 Å². The predicted octanol–water partition coefficient (Wildman–Crippen LogP) is 8.74. The quantitative estimate of drug-likeness (QED) is 0.238. The number of hydrogen-bond acceptors (Lipinski definition) is 2. The molecule has 0 nitrogen and oxygen atoms in total. The lowest BCUT2D eigenvalue weighted by Gasteiger charge is -2.36. The fourth-order valence-electron chi connectivity index (χ4n) is 5.64. The minimum absolute atomic E-state index is 0.418. The average Bonchev–Trinajstić information content (AvgIpc) is 3.14. The Morgan fingerprint density at radius 3 is 1.91 bits per heavy atom. The fourth-order valence-corrected chi connectivity index (χ4v) is 6.20. The summed E-state index contributed by atoms with van der Waals surface area (Å²) >= 11 is 7.52. The van der Waals surface area contributed by atoms with E-state index in [1.54, 1.807) is 11.8 Å². The minimum atomic E-state index is -0.418. The van der Waals surface area contributed by atoms with Gasteiger partial charge in [-0.3, -0.25) is 0 Å². The zero-order valence-electron chi connectivity index (χ0n) is 20.1. The van der Waals surface area contributed by atoms with Crippen LogP contribution in [0.3, 0.4) is 0 Å². The van der Waals surface area contributed by atoms with E-state index < -0.39 is 5.41 Å². The zero-order valence-corrected chi connectivity index (χ0v) is 21.7. The molecule has 0 saturated heterocycles. The number of benzene rings is 4. The molecule has 0 aliphatic heterocycles. The molecule has 0 radical (unpaired) electrons.